The molecule has 1 rings (SSSR count). The lowest BCUT2D eigenvalue weighted by Gasteiger charge is -2.10. The molecule has 1 aliphatic heterocycles. The Hall–Kier alpha value is -0.120. The molecule has 78 valence electrons. The van der Waals surface area contributed by atoms with Crippen molar-refractivity contribution >= 4 is 0 Å². The standard InChI is InChI=1S/C10H20O3/c1-9-10(13-9,8-12-2)6-4-3-5-7-11/h9,11H,3-8H2,1-2H3/t9-,10+/m0/s1. The zero-order valence-corrected chi connectivity index (χ0v) is 8.58. The highest BCUT2D eigenvalue weighted by Gasteiger charge is 2.52. The number of aliphatic hydroxyl groups is 1. The SMILES string of the molecule is COC[C@@]1(CCCCCO)O[C@H]1C. The van der Waals surface area contributed by atoms with Crippen LogP contribution in [0.15, 0.2) is 0 Å². The molecule has 0 bridgehead atoms. The van der Waals surface area contributed by atoms with Gasteiger partial charge in [0.15, 0.2) is 0 Å². The topological polar surface area (TPSA) is 42.0 Å². The predicted octanol–water partition coefficient (Wildman–Crippen LogP) is 1.34. The van der Waals surface area contributed by atoms with Crippen LogP contribution in [0.25, 0.3) is 0 Å². The molecule has 0 aromatic heterocycles. The Bertz CT molecular complexity index is 149. The molecule has 0 unspecified atom stereocenters. The minimum Gasteiger partial charge on any atom is -0.396 e. The first-order valence-corrected chi connectivity index (χ1v) is 5.03. The number of hydrogen-bond donors (Lipinski definition) is 1. The summed E-state index contributed by atoms with van der Waals surface area (Å²) in [5.74, 6) is 0. The van der Waals surface area contributed by atoms with E-state index in [-0.39, 0.29) is 5.60 Å². The predicted molar refractivity (Wildman–Crippen MR) is 50.7 cm³/mol. The van der Waals surface area contributed by atoms with Gasteiger partial charge in [0.25, 0.3) is 0 Å². The highest BCUT2D eigenvalue weighted by Crippen LogP contribution is 2.40. The summed E-state index contributed by atoms with van der Waals surface area (Å²) in [4.78, 5) is 0. The summed E-state index contributed by atoms with van der Waals surface area (Å²) in [7, 11) is 1.71. The fraction of sp³-hybridized carbons (Fsp3) is 1.00. The second kappa shape index (κ2) is 4.94. The molecule has 1 aliphatic rings. The van der Waals surface area contributed by atoms with E-state index in [0.717, 1.165) is 25.7 Å². The summed E-state index contributed by atoms with van der Waals surface area (Å²) in [6.45, 7) is 3.09. The maximum absolute atomic E-state index is 8.61. The molecule has 0 amide bonds. The molecule has 1 heterocycles. The Balaban J connectivity index is 2.11. The van der Waals surface area contributed by atoms with E-state index in [4.69, 9.17) is 14.6 Å². The van der Waals surface area contributed by atoms with Gasteiger partial charge in [-0.15, -0.1) is 0 Å². The zero-order valence-electron chi connectivity index (χ0n) is 8.58. The second-order valence-electron chi connectivity index (χ2n) is 3.79. The fourth-order valence-corrected chi connectivity index (χ4v) is 1.76. The van der Waals surface area contributed by atoms with Crippen LogP contribution in [0.5, 0.6) is 0 Å². The average Bonchev–Trinajstić information content (AvgIpc) is 2.72. The van der Waals surface area contributed by atoms with Crippen molar-refractivity contribution in [3.8, 4) is 0 Å². The lowest BCUT2D eigenvalue weighted by atomic mass is 9.99. The normalized spacial score (nSPS) is 32.1. The van der Waals surface area contributed by atoms with Crippen molar-refractivity contribution in [1.82, 2.24) is 0 Å². The lowest BCUT2D eigenvalue weighted by molar-refractivity contribution is 0.113. The van der Waals surface area contributed by atoms with Gasteiger partial charge in [-0.05, 0) is 19.8 Å². The highest BCUT2D eigenvalue weighted by atomic mass is 16.6. The number of ether oxygens (including phenoxy) is 2. The second-order valence-corrected chi connectivity index (χ2v) is 3.79. The smallest absolute Gasteiger partial charge is 0.118 e. The van der Waals surface area contributed by atoms with E-state index in [2.05, 4.69) is 6.92 Å². The molecule has 1 N–H and O–H groups in total. The van der Waals surface area contributed by atoms with Crippen molar-refractivity contribution < 1.29 is 14.6 Å². The van der Waals surface area contributed by atoms with E-state index in [0.29, 0.717) is 19.3 Å². The van der Waals surface area contributed by atoms with Crippen LogP contribution in [0, 0.1) is 0 Å². The first kappa shape index (κ1) is 11.0. The lowest BCUT2D eigenvalue weighted by Crippen LogP contribution is -2.20. The van der Waals surface area contributed by atoms with Gasteiger partial charge in [0, 0.05) is 13.7 Å². The summed E-state index contributed by atoms with van der Waals surface area (Å²) in [6.07, 6.45) is 4.51. The number of aliphatic hydroxyl groups excluding tert-OH is 1. The van der Waals surface area contributed by atoms with Crippen molar-refractivity contribution in [2.45, 2.75) is 44.3 Å². The van der Waals surface area contributed by atoms with Gasteiger partial charge in [0.05, 0.1) is 12.7 Å². The first-order valence-electron chi connectivity index (χ1n) is 5.03. The fourth-order valence-electron chi connectivity index (χ4n) is 1.76. The van der Waals surface area contributed by atoms with Crippen LogP contribution in [-0.4, -0.2) is 37.1 Å². The monoisotopic (exact) mass is 188 g/mol. The van der Waals surface area contributed by atoms with E-state index in [1.165, 1.54) is 0 Å². The van der Waals surface area contributed by atoms with Gasteiger partial charge in [0.2, 0.25) is 0 Å². The number of methoxy groups -OCH3 is 1. The Labute approximate surface area is 80.0 Å². The molecule has 1 fully saturated rings. The van der Waals surface area contributed by atoms with Crippen LogP contribution in [0.1, 0.15) is 32.6 Å². The molecule has 3 heteroatoms. The van der Waals surface area contributed by atoms with E-state index in [9.17, 15) is 0 Å². The van der Waals surface area contributed by atoms with Crippen molar-refractivity contribution in [2.24, 2.45) is 0 Å². The molecule has 0 spiro atoms. The van der Waals surface area contributed by atoms with Crippen LogP contribution in [-0.2, 0) is 9.47 Å². The summed E-state index contributed by atoms with van der Waals surface area (Å²) in [5.41, 5.74) is 0.00417. The first-order chi connectivity index (χ1) is 6.25. The van der Waals surface area contributed by atoms with E-state index < -0.39 is 0 Å². The molecule has 1 saturated heterocycles. The third-order valence-corrected chi connectivity index (χ3v) is 2.74. The van der Waals surface area contributed by atoms with Gasteiger partial charge in [-0.3, -0.25) is 0 Å². The van der Waals surface area contributed by atoms with Crippen molar-refractivity contribution in [3.63, 3.8) is 0 Å². The molecular weight excluding hydrogens is 168 g/mol. The minimum absolute atomic E-state index is 0.00417. The average molecular weight is 188 g/mol. The summed E-state index contributed by atoms with van der Waals surface area (Å²) in [6, 6.07) is 0. The molecule has 0 radical (unpaired) electrons. The van der Waals surface area contributed by atoms with Crippen LogP contribution >= 0.6 is 0 Å². The van der Waals surface area contributed by atoms with Gasteiger partial charge in [-0.1, -0.05) is 12.8 Å². The van der Waals surface area contributed by atoms with Gasteiger partial charge in [0.1, 0.15) is 5.60 Å². The number of hydrogen-bond acceptors (Lipinski definition) is 3. The van der Waals surface area contributed by atoms with Gasteiger partial charge in [-0.2, -0.15) is 0 Å². The van der Waals surface area contributed by atoms with Crippen LogP contribution in [0.2, 0.25) is 0 Å². The van der Waals surface area contributed by atoms with Crippen molar-refractivity contribution in [2.75, 3.05) is 20.3 Å². The summed E-state index contributed by atoms with van der Waals surface area (Å²) in [5, 5.41) is 8.61. The molecular formula is C10H20O3. The number of rotatable bonds is 7. The zero-order chi connectivity index (χ0) is 9.73. The Morgan fingerprint density at radius 3 is 2.54 bits per heavy atom. The molecule has 2 atom stereocenters. The summed E-state index contributed by atoms with van der Waals surface area (Å²) >= 11 is 0. The van der Waals surface area contributed by atoms with Crippen molar-refractivity contribution in [3.05, 3.63) is 0 Å². The Morgan fingerprint density at radius 2 is 2.08 bits per heavy atom. The van der Waals surface area contributed by atoms with Gasteiger partial charge in [-0.25, -0.2) is 0 Å². The van der Waals surface area contributed by atoms with Crippen LogP contribution < -0.4 is 0 Å². The van der Waals surface area contributed by atoms with E-state index in [1.807, 2.05) is 0 Å². The Kier molecular flexibility index (Phi) is 4.16. The van der Waals surface area contributed by atoms with Crippen molar-refractivity contribution in [1.29, 1.82) is 0 Å². The largest absolute Gasteiger partial charge is 0.396 e. The minimum atomic E-state index is 0.00417. The third-order valence-electron chi connectivity index (χ3n) is 2.74. The highest BCUT2D eigenvalue weighted by molar-refractivity contribution is 4.99. The van der Waals surface area contributed by atoms with Crippen LogP contribution in [0.4, 0.5) is 0 Å². The quantitative estimate of drug-likeness (QED) is 0.484. The molecule has 0 saturated carbocycles. The van der Waals surface area contributed by atoms with E-state index in [1.54, 1.807) is 7.11 Å². The molecule has 3 nitrogen and oxygen atoms in total. The Morgan fingerprint density at radius 1 is 1.38 bits per heavy atom. The molecule has 0 aliphatic carbocycles. The van der Waals surface area contributed by atoms with Gasteiger partial charge >= 0.3 is 0 Å². The third kappa shape index (κ3) is 2.93. The molecule has 0 aromatic carbocycles. The summed E-state index contributed by atoms with van der Waals surface area (Å²) < 4.78 is 10.7. The maximum atomic E-state index is 8.61. The van der Waals surface area contributed by atoms with E-state index >= 15 is 0 Å². The molecule has 13 heavy (non-hydrogen) atoms. The number of unbranched alkanes of at least 4 members (excludes halogenated alkanes) is 2. The van der Waals surface area contributed by atoms with Crippen LogP contribution in [0.3, 0.4) is 0 Å². The molecule has 0 aromatic rings. The number of epoxide rings is 1. The van der Waals surface area contributed by atoms with Gasteiger partial charge < -0.3 is 14.6 Å². The maximum Gasteiger partial charge on any atom is 0.118 e.